The minimum Gasteiger partial charge on any atom is -0.462 e. The second-order valence-electron chi connectivity index (χ2n) is 5.01. The minimum atomic E-state index is -0.604. The number of carbonyl (C=O) groups is 3. The first-order valence-electron chi connectivity index (χ1n) is 6.75. The van der Waals surface area contributed by atoms with Gasteiger partial charge < -0.3 is 4.74 Å². The van der Waals surface area contributed by atoms with Gasteiger partial charge in [0.15, 0.2) is 0 Å². The van der Waals surface area contributed by atoms with E-state index in [4.69, 9.17) is 4.74 Å². The van der Waals surface area contributed by atoms with E-state index in [1.165, 1.54) is 0 Å². The van der Waals surface area contributed by atoms with Crippen LogP contribution in [-0.2, 0) is 14.3 Å². The van der Waals surface area contributed by atoms with Crippen molar-refractivity contribution in [2.24, 2.45) is 0 Å². The van der Waals surface area contributed by atoms with Crippen molar-refractivity contribution in [1.82, 2.24) is 9.88 Å². The molecule has 1 aromatic heterocycles. The van der Waals surface area contributed by atoms with Crippen molar-refractivity contribution in [3.05, 3.63) is 34.5 Å². The van der Waals surface area contributed by atoms with Crippen LogP contribution in [0, 0.1) is 6.92 Å². The van der Waals surface area contributed by atoms with Crippen LogP contribution in [0.5, 0.6) is 0 Å². The van der Waals surface area contributed by atoms with E-state index in [2.05, 4.69) is 4.98 Å². The molecule has 1 aliphatic rings. The number of esters is 1. The van der Waals surface area contributed by atoms with E-state index in [0.717, 1.165) is 22.4 Å². The quantitative estimate of drug-likeness (QED) is 0.626. The largest absolute Gasteiger partial charge is 0.462 e. The Hall–Kier alpha value is -2.15. The lowest BCUT2D eigenvalue weighted by molar-refractivity contribution is -0.149. The van der Waals surface area contributed by atoms with E-state index in [1.54, 1.807) is 26.0 Å². The van der Waals surface area contributed by atoms with E-state index in [0.29, 0.717) is 5.69 Å². The number of hydrogen-bond donors (Lipinski definition) is 0. The molecule has 22 heavy (non-hydrogen) atoms. The van der Waals surface area contributed by atoms with E-state index >= 15 is 0 Å². The molecule has 7 heteroatoms. The number of hydrogen-bond acceptors (Lipinski definition) is 6. The summed E-state index contributed by atoms with van der Waals surface area (Å²) in [6.45, 7) is 4.87. The Bertz CT molecular complexity index is 655. The average molecular weight is 320 g/mol. The molecule has 1 saturated heterocycles. The zero-order chi connectivity index (χ0) is 16.3. The number of aromatic nitrogens is 1. The first kappa shape index (κ1) is 16.2. The molecular formula is C15H16N2O4S. The lowest BCUT2D eigenvalue weighted by atomic mass is 10.3. The summed E-state index contributed by atoms with van der Waals surface area (Å²) in [7, 11) is 0. The molecule has 1 aliphatic heterocycles. The molecule has 1 aromatic rings. The fourth-order valence-corrected chi connectivity index (χ4v) is 2.67. The third kappa shape index (κ3) is 3.94. The van der Waals surface area contributed by atoms with E-state index in [9.17, 15) is 14.4 Å². The molecule has 0 N–H and O–H groups in total. The molecule has 0 saturated carbocycles. The van der Waals surface area contributed by atoms with Gasteiger partial charge in [0.05, 0.1) is 16.7 Å². The molecule has 2 rings (SSSR count). The molecule has 0 atom stereocenters. The maximum atomic E-state index is 12.2. The first-order chi connectivity index (χ1) is 10.4. The van der Waals surface area contributed by atoms with Gasteiger partial charge in [0.25, 0.3) is 11.1 Å². The van der Waals surface area contributed by atoms with Crippen molar-refractivity contribution >= 4 is 35.0 Å². The Labute approximate surface area is 132 Å². The molecule has 1 fully saturated rings. The van der Waals surface area contributed by atoms with Crippen LogP contribution in [0.25, 0.3) is 6.08 Å². The summed E-state index contributed by atoms with van der Waals surface area (Å²) in [5.74, 6) is -1.11. The molecule has 0 aromatic carbocycles. The van der Waals surface area contributed by atoms with Crippen LogP contribution in [0.4, 0.5) is 4.79 Å². The zero-order valence-electron chi connectivity index (χ0n) is 12.5. The summed E-state index contributed by atoms with van der Waals surface area (Å²) in [5.41, 5.74) is 1.41. The Kier molecular flexibility index (Phi) is 4.97. The smallest absolute Gasteiger partial charge is 0.326 e. The predicted octanol–water partition coefficient (Wildman–Crippen LogP) is 2.38. The lowest BCUT2D eigenvalue weighted by Gasteiger charge is -2.13. The van der Waals surface area contributed by atoms with Crippen molar-refractivity contribution in [3.8, 4) is 0 Å². The van der Waals surface area contributed by atoms with Gasteiger partial charge in [-0.15, -0.1) is 0 Å². The predicted molar refractivity (Wildman–Crippen MR) is 82.9 cm³/mol. The Balaban J connectivity index is 2.13. The number of aryl methyl sites for hydroxylation is 1. The summed E-state index contributed by atoms with van der Waals surface area (Å²) in [4.78, 5) is 41.1. The summed E-state index contributed by atoms with van der Waals surface area (Å²) < 4.78 is 4.95. The van der Waals surface area contributed by atoms with Crippen molar-refractivity contribution in [3.63, 3.8) is 0 Å². The molecule has 0 aliphatic carbocycles. The lowest BCUT2D eigenvalue weighted by Crippen LogP contribution is -2.35. The number of pyridine rings is 1. The maximum Gasteiger partial charge on any atom is 0.326 e. The zero-order valence-corrected chi connectivity index (χ0v) is 13.3. The number of thioether (sulfide) groups is 1. The Morgan fingerprint density at radius 3 is 2.77 bits per heavy atom. The minimum absolute atomic E-state index is 0.250. The van der Waals surface area contributed by atoms with Gasteiger partial charge in [0.1, 0.15) is 6.54 Å². The second kappa shape index (κ2) is 6.74. The van der Waals surface area contributed by atoms with Gasteiger partial charge >= 0.3 is 5.97 Å². The third-order valence-corrected chi connectivity index (χ3v) is 3.62. The molecule has 6 nitrogen and oxygen atoms in total. The highest BCUT2D eigenvalue weighted by Gasteiger charge is 2.36. The van der Waals surface area contributed by atoms with Crippen LogP contribution < -0.4 is 0 Å². The molecule has 2 heterocycles. The summed E-state index contributed by atoms with van der Waals surface area (Å²) in [6.07, 6.45) is 1.26. The molecule has 2 amide bonds. The normalized spacial score (nSPS) is 16.7. The fourth-order valence-electron chi connectivity index (χ4n) is 1.84. The molecule has 0 unspecified atom stereocenters. The van der Waals surface area contributed by atoms with Crippen LogP contribution >= 0.6 is 11.8 Å². The topological polar surface area (TPSA) is 76.6 Å². The number of imide groups is 1. The molecule has 0 radical (unpaired) electrons. The second-order valence-corrected chi connectivity index (χ2v) is 6.00. The van der Waals surface area contributed by atoms with Crippen molar-refractivity contribution in [2.45, 2.75) is 26.9 Å². The third-order valence-electron chi connectivity index (χ3n) is 2.72. The first-order valence-corrected chi connectivity index (χ1v) is 7.57. The monoisotopic (exact) mass is 320 g/mol. The van der Waals surface area contributed by atoms with Crippen molar-refractivity contribution < 1.29 is 19.1 Å². The summed E-state index contributed by atoms with van der Waals surface area (Å²) in [5, 5.41) is -0.482. The Morgan fingerprint density at radius 1 is 1.41 bits per heavy atom. The molecule has 116 valence electrons. The average Bonchev–Trinajstić information content (AvgIpc) is 2.66. The number of nitrogens with zero attached hydrogens (tertiary/aromatic N) is 2. The number of ether oxygens (including phenoxy) is 1. The molecule has 0 bridgehead atoms. The summed E-state index contributed by atoms with van der Waals surface area (Å²) >= 11 is 0.794. The highest BCUT2D eigenvalue weighted by atomic mass is 32.2. The van der Waals surface area contributed by atoms with E-state index in [-0.39, 0.29) is 17.6 Å². The Morgan fingerprint density at radius 2 is 2.14 bits per heavy atom. The molecule has 0 spiro atoms. The standard InChI is InChI=1S/C15H16N2O4S/c1-9(2)21-13(18)8-17-14(19)12(22-15(17)20)7-11-6-4-5-10(3)16-11/h4-7,9H,8H2,1-3H3/b12-7-. The van der Waals surface area contributed by atoms with Crippen molar-refractivity contribution in [1.29, 1.82) is 0 Å². The van der Waals surface area contributed by atoms with E-state index < -0.39 is 17.1 Å². The highest BCUT2D eigenvalue weighted by Crippen LogP contribution is 2.31. The van der Waals surface area contributed by atoms with Gasteiger partial charge in [0, 0.05) is 5.69 Å². The maximum absolute atomic E-state index is 12.2. The van der Waals surface area contributed by atoms with Crippen LogP contribution in [0.15, 0.2) is 23.1 Å². The molecular weight excluding hydrogens is 304 g/mol. The van der Waals surface area contributed by atoms with Gasteiger partial charge in [-0.05, 0) is 50.7 Å². The van der Waals surface area contributed by atoms with Crippen LogP contribution in [-0.4, -0.2) is 39.6 Å². The van der Waals surface area contributed by atoms with Crippen LogP contribution in [0.3, 0.4) is 0 Å². The van der Waals surface area contributed by atoms with Gasteiger partial charge in [-0.2, -0.15) is 0 Å². The number of carbonyl (C=O) groups excluding carboxylic acids is 3. The van der Waals surface area contributed by atoms with Crippen molar-refractivity contribution in [2.75, 3.05) is 6.54 Å². The number of amides is 2. The fraction of sp³-hybridized carbons (Fsp3) is 0.333. The van der Waals surface area contributed by atoms with Gasteiger partial charge in [0.2, 0.25) is 0 Å². The van der Waals surface area contributed by atoms with Crippen LogP contribution in [0.2, 0.25) is 0 Å². The van der Waals surface area contributed by atoms with Gasteiger partial charge in [-0.25, -0.2) is 0 Å². The van der Waals surface area contributed by atoms with E-state index in [1.807, 2.05) is 19.1 Å². The SMILES string of the molecule is Cc1cccc(/C=C2\SC(=O)N(CC(=O)OC(C)C)C2=O)n1. The van der Waals surface area contributed by atoms with Gasteiger partial charge in [-0.3, -0.25) is 24.3 Å². The summed E-state index contributed by atoms with van der Waals surface area (Å²) in [6, 6.07) is 5.40. The highest BCUT2D eigenvalue weighted by molar-refractivity contribution is 8.18. The number of rotatable bonds is 4. The van der Waals surface area contributed by atoms with Gasteiger partial charge in [-0.1, -0.05) is 6.07 Å². The van der Waals surface area contributed by atoms with Crippen LogP contribution in [0.1, 0.15) is 25.2 Å².